The van der Waals surface area contributed by atoms with Crippen LogP contribution in [0.15, 0.2) is 41.4 Å². The maximum Gasteiger partial charge on any atom is 0.226 e. The first-order chi connectivity index (χ1) is 14.4. The molecule has 2 aromatic carbocycles. The fourth-order valence-electron chi connectivity index (χ4n) is 2.92. The molecule has 0 fully saturated rings. The van der Waals surface area contributed by atoms with Gasteiger partial charge in [-0.25, -0.2) is 0 Å². The molecule has 30 heavy (non-hydrogen) atoms. The van der Waals surface area contributed by atoms with E-state index in [-0.39, 0.29) is 12.3 Å². The van der Waals surface area contributed by atoms with Gasteiger partial charge in [0.1, 0.15) is 11.5 Å². The molecule has 0 saturated carbocycles. The van der Waals surface area contributed by atoms with E-state index in [1.54, 1.807) is 27.3 Å². The highest BCUT2D eigenvalue weighted by atomic mass is 35.5. The number of carbonyl (C=O) groups excluding carboxylic acids is 1. The van der Waals surface area contributed by atoms with Crippen LogP contribution >= 0.6 is 11.6 Å². The lowest BCUT2D eigenvalue weighted by molar-refractivity contribution is -0.116. The summed E-state index contributed by atoms with van der Waals surface area (Å²) in [5.41, 5.74) is 2.65. The summed E-state index contributed by atoms with van der Waals surface area (Å²) >= 11 is 6.17. The molecular formula is C22H29ClN4O3. The minimum Gasteiger partial charge on any atom is -0.497 e. The molecule has 2 rings (SSSR count). The molecule has 0 aliphatic carbocycles. The lowest BCUT2D eigenvalue weighted by Crippen LogP contribution is -2.39. The van der Waals surface area contributed by atoms with Gasteiger partial charge >= 0.3 is 0 Å². The predicted octanol–water partition coefficient (Wildman–Crippen LogP) is 3.70. The normalized spacial score (nSPS) is 11.1. The highest BCUT2D eigenvalue weighted by molar-refractivity contribution is 6.33. The Hall–Kier alpha value is -2.93. The molecule has 0 atom stereocenters. The number of amides is 1. The number of benzene rings is 2. The Morgan fingerprint density at radius 3 is 2.57 bits per heavy atom. The lowest BCUT2D eigenvalue weighted by Gasteiger charge is -2.23. The second-order valence-corrected chi connectivity index (χ2v) is 7.20. The molecule has 0 radical (unpaired) electrons. The molecule has 162 valence electrons. The first-order valence-electron chi connectivity index (χ1n) is 9.56. The van der Waals surface area contributed by atoms with Gasteiger partial charge in [-0.3, -0.25) is 9.79 Å². The van der Waals surface area contributed by atoms with Crippen LogP contribution in [0.1, 0.15) is 17.5 Å². The van der Waals surface area contributed by atoms with Crippen molar-refractivity contribution in [2.75, 3.05) is 40.2 Å². The summed E-state index contributed by atoms with van der Waals surface area (Å²) in [6.07, 6.45) is 0.281. The molecule has 8 heteroatoms. The van der Waals surface area contributed by atoms with Crippen molar-refractivity contribution in [3.05, 3.63) is 52.5 Å². The number of hydrogen-bond acceptors (Lipinski definition) is 4. The number of aliphatic imine (C=N–C) groups is 1. The lowest BCUT2D eigenvalue weighted by atomic mass is 10.2. The number of rotatable bonds is 8. The molecule has 0 bridgehead atoms. The van der Waals surface area contributed by atoms with E-state index < -0.39 is 0 Å². The third kappa shape index (κ3) is 6.56. The van der Waals surface area contributed by atoms with Gasteiger partial charge in [-0.2, -0.15) is 0 Å². The van der Waals surface area contributed by atoms with Gasteiger partial charge in [0.25, 0.3) is 0 Å². The Morgan fingerprint density at radius 2 is 1.93 bits per heavy atom. The summed E-state index contributed by atoms with van der Waals surface area (Å²) in [6, 6.07) is 11.2. The summed E-state index contributed by atoms with van der Waals surface area (Å²) < 4.78 is 10.7. The van der Waals surface area contributed by atoms with Crippen LogP contribution in [-0.2, 0) is 11.3 Å². The van der Waals surface area contributed by atoms with Crippen molar-refractivity contribution < 1.29 is 14.3 Å². The number of guanidine groups is 1. The summed E-state index contributed by atoms with van der Waals surface area (Å²) in [4.78, 5) is 18.5. The molecule has 0 saturated heterocycles. The molecule has 2 aromatic rings. The van der Waals surface area contributed by atoms with Crippen molar-refractivity contribution in [3.63, 3.8) is 0 Å². The van der Waals surface area contributed by atoms with E-state index >= 15 is 0 Å². The standard InChI is InChI=1S/C22H29ClN4O3/c1-15-6-9-19(18(23)12-15)26-21(28)10-11-25-22(24-2)27(3)14-16-7-8-17(29-4)13-20(16)30-5/h6-9,12-13H,10-11,14H2,1-5H3,(H,24,25)(H,26,28). The van der Waals surface area contributed by atoms with Crippen molar-refractivity contribution in [2.24, 2.45) is 4.99 Å². The van der Waals surface area contributed by atoms with Gasteiger partial charge in [-0.1, -0.05) is 17.7 Å². The number of aryl methyl sites for hydroxylation is 1. The SMILES string of the molecule is CN=C(NCCC(=O)Nc1ccc(C)cc1Cl)N(C)Cc1ccc(OC)cc1OC. The van der Waals surface area contributed by atoms with E-state index in [1.807, 2.05) is 49.2 Å². The zero-order chi connectivity index (χ0) is 22.1. The number of hydrogen-bond donors (Lipinski definition) is 2. The van der Waals surface area contributed by atoms with Crippen LogP contribution in [0, 0.1) is 6.92 Å². The fraction of sp³-hybridized carbons (Fsp3) is 0.364. The van der Waals surface area contributed by atoms with Gasteiger partial charge in [0.15, 0.2) is 5.96 Å². The minimum atomic E-state index is -0.122. The van der Waals surface area contributed by atoms with E-state index in [9.17, 15) is 4.79 Å². The van der Waals surface area contributed by atoms with Crippen molar-refractivity contribution in [2.45, 2.75) is 19.9 Å². The van der Waals surface area contributed by atoms with Crippen molar-refractivity contribution >= 4 is 29.2 Å². The Labute approximate surface area is 183 Å². The number of anilines is 1. The number of ether oxygens (including phenoxy) is 2. The van der Waals surface area contributed by atoms with Crippen LogP contribution in [0.3, 0.4) is 0 Å². The van der Waals surface area contributed by atoms with Crippen LogP contribution in [0.2, 0.25) is 5.02 Å². The number of nitrogens with one attached hydrogen (secondary N) is 2. The van der Waals surface area contributed by atoms with Crippen LogP contribution in [0.5, 0.6) is 11.5 Å². The van der Waals surface area contributed by atoms with Gasteiger partial charge in [0.2, 0.25) is 5.91 Å². The van der Waals surface area contributed by atoms with E-state index in [0.29, 0.717) is 29.8 Å². The molecule has 0 aliphatic heterocycles. The summed E-state index contributed by atoms with van der Waals surface area (Å²) in [5.74, 6) is 2.03. The molecule has 0 aromatic heterocycles. The summed E-state index contributed by atoms with van der Waals surface area (Å²) in [5, 5.41) is 6.57. The van der Waals surface area contributed by atoms with Crippen LogP contribution in [0.25, 0.3) is 0 Å². The van der Waals surface area contributed by atoms with Gasteiger partial charge in [0.05, 0.1) is 24.9 Å². The summed E-state index contributed by atoms with van der Waals surface area (Å²) in [6.45, 7) is 2.97. The van der Waals surface area contributed by atoms with E-state index in [2.05, 4.69) is 15.6 Å². The average molecular weight is 433 g/mol. The topological polar surface area (TPSA) is 75.2 Å². The number of nitrogens with zero attached hydrogens (tertiary/aromatic N) is 2. The van der Waals surface area contributed by atoms with Crippen LogP contribution in [0.4, 0.5) is 5.69 Å². The summed E-state index contributed by atoms with van der Waals surface area (Å²) in [7, 11) is 6.88. The highest BCUT2D eigenvalue weighted by Crippen LogP contribution is 2.25. The van der Waals surface area contributed by atoms with Crippen molar-refractivity contribution in [1.82, 2.24) is 10.2 Å². The maximum atomic E-state index is 12.2. The maximum absolute atomic E-state index is 12.2. The number of carbonyl (C=O) groups is 1. The Morgan fingerprint density at radius 1 is 1.17 bits per heavy atom. The van der Waals surface area contributed by atoms with Crippen molar-refractivity contribution in [1.29, 1.82) is 0 Å². The third-order valence-electron chi connectivity index (χ3n) is 4.51. The van der Waals surface area contributed by atoms with Gasteiger partial charge in [-0.15, -0.1) is 0 Å². The second kappa shape index (κ2) is 11.3. The van der Waals surface area contributed by atoms with E-state index in [4.69, 9.17) is 21.1 Å². The van der Waals surface area contributed by atoms with Crippen molar-refractivity contribution in [3.8, 4) is 11.5 Å². The molecule has 0 spiro atoms. The molecular weight excluding hydrogens is 404 g/mol. The molecule has 7 nitrogen and oxygen atoms in total. The molecule has 0 heterocycles. The molecule has 0 unspecified atom stereocenters. The van der Waals surface area contributed by atoms with Crippen LogP contribution in [-0.4, -0.2) is 51.6 Å². The quantitative estimate of drug-likeness (QED) is 0.491. The van der Waals surface area contributed by atoms with Gasteiger partial charge in [-0.05, 0) is 36.8 Å². The van der Waals surface area contributed by atoms with Gasteiger partial charge < -0.3 is 25.0 Å². The highest BCUT2D eigenvalue weighted by Gasteiger charge is 2.12. The monoisotopic (exact) mass is 432 g/mol. The largest absolute Gasteiger partial charge is 0.497 e. The molecule has 2 N–H and O–H groups in total. The first kappa shape index (κ1) is 23.3. The Bertz CT molecular complexity index is 902. The minimum absolute atomic E-state index is 0.122. The first-order valence-corrected chi connectivity index (χ1v) is 9.94. The van der Waals surface area contributed by atoms with E-state index in [1.165, 1.54) is 0 Å². The average Bonchev–Trinajstić information content (AvgIpc) is 2.73. The van der Waals surface area contributed by atoms with Gasteiger partial charge in [0, 0.05) is 45.2 Å². The third-order valence-corrected chi connectivity index (χ3v) is 4.82. The molecule has 0 aliphatic rings. The number of halogens is 1. The Kier molecular flexibility index (Phi) is 8.80. The smallest absolute Gasteiger partial charge is 0.226 e. The zero-order valence-electron chi connectivity index (χ0n) is 18.1. The van der Waals surface area contributed by atoms with Crippen LogP contribution < -0.4 is 20.1 Å². The predicted molar refractivity (Wildman–Crippen MR) is 122 cm³/mol. The second-order valence-electron chi connectivity index (χ2n) is 6.79. The molecule has 1 amide bonds. The zero-order valence-corrected chi connectivity index (χ0v) is 18.8. The fourth-order valence-corrected chi connectivity index (χ4v) is 3.20. The Balaban J connectivity index is 1.88. The number of methoxy groups -OCH3 is 2. The van der Waals surface area contributed by atoms with E-state index in [0.717, 1.165) is 22.6 Å².